The zero-order valence-corrected chi connectivity index (χ0v) is 15.1. The van der Waals surface area contributed by atoms with Gasteiger partial charge in [-0.2, -0.15) is 5.10 Å². The van der Waals surface area contributed by atoms with E-state index in [0.29, 0.717) is 22.3 Å². The van der Waals surface area contributed by atoms with E-state index in [1.54, 1.807) is 12.1 Å². The Kier molecular flexibility index (Phi) is 5.02. The van der Waals surface area contributed by atoms with Gasteiger partial charge in [-0.15, -0.1) is 11.3 Å². The third-order valence-electron chi connectivity index (χ3n) is 3.85. The minimum atomic E-state index is -0.100. The van der Waals surface area contributed by atoms with Crippen molar-refractivity contribution < 1.29 is 4.79 Å². The molecule has 3 rings (SSSR count). The van der Waals surface area contributed by atoms with Crippen LogP contribution < -0.4 is 5.32 Å². The van der Waals surface area contributed by atoms with Gasteiger partial charge in [-0.3, -0.25) is 9.48 Å². The molecule has 1 N–H and O–H groups in total. The lowest BCUT2D eigenvalue weighted by molar-refractivity contribution is 0.0956. The van der Waals surface area contributed by atoms with Crippen molar-refractivity contribution in [1.82, 2.24) is 15.1 Å². The lowest BCUT2D eigenvalue weighted by atomic mass is 10.0. The summed E-state index contributed by atoms with van der Waals surface area (Å²) in [5.74, 6) is -0.100. The van der Waals surface area contributed by atoms with Gasteiger partial charge in [0.1, 0.15) is 0 Å². The smallest absolute Gasteiger partial charge is 0.261 e. The zero-order valence-electron chi connectivity index (χ0n) is 13.5. The van der Waals surface area contributed by atoms with Crippen LogP contribution in [0.15, 0.2) is 42.5 Å². The van der Waals surface area contributed by atoms with Gasteiger partial charge >= 0.3 is 0 Å². The van der Waals surface area contributed by atoms with Crippen LogP contribution in [0.5, 0.6) is 0 Å². The van der Waals surface area contributed by atoms with E-state index < -0.39 is 0 Å². The molecule has 0 saturated carbocycles. The van der Waals surface area contributed by atoms with Crippen molar-refractivity contribution in [3.05, 3.63) is 63.1 Å². The average Bonchev–Trinajstić information content (AvgIpc) is 3.12. The highest BCUT2D eigenvalue weighted by molar-refractivity contribution is 7.17. The Bertz CT molecular complexity index is 855. The molecule has 0 bridgehead atoms. The highest BCUT2D eigenvalue weighted by atomic mass is 35.5. The Morgan fingerprint density at radius 1 is 1.21 bits per heavy atom. The predicted molar refractivity (Wildman–Crippen MR) is 98.8 cm³/mol. The number of nitrogens with one attached hydrogen (secondary N) is 1. The highest BCUT2D eigenvalue weighted by Gasteiger charge is 2.13. The fourth-order valence-electron chi connectivity index (χ4n) is 2.74. The number of hydrogen-bond acceptors (Lipinski definition) is 3. The number of amides is 1. The Morgan fingerprint density at radius 3 is 2.62 bits per heavy atom. The summed E-state index contributed by atoms with van der Waals surface area (Å²) in [5.41, 5.74) is 4.42. The average molecular weight is 360 g/mol. The standard InChI is InChI=1S/C18H18ClN3OS/c1-12-17(14-6-4-3-5-7-14)13(2)22(21-12)11-10-20-18(23)15-8-9-16(19)24-15/h3-9H,10-11H2,1-2H3,(H,20,23). The minimum absolute atomic E-state index is 0.100. The Labute approximate surface area is 150 Å². The lowest BCUT2D eigenvalue weighted by Gasteiger charge is -2.07. The second-order valence-electron chi connectivity index (χ2n) is 5.49. The molecule has 0 radical (unpaired) electrons. The molecule has 3 aromatic rings. The van der Waals surface area contributed by atoms with Gasteiger partial charge in [0.05, 0.1) is 21.5 Å². The van der Waals surface area contributed by atoms with Gasteiger partial charge in [0.15, 0.2) is 0 Å². The van der Waals surface area contributed by atoms with Crippen LogP contribution in [0.2, 0.25) is 4.34 Å². The second-order valence-corrected chi connectivity index (χ2v) is 7.21. The fourth-order valence-corrected chi connectivity index (χ4v) is 3.70. The van der Waals surface area contributed by atoms with Crippen LogP contribution in [0.4, 0.5) is 0 Å². The van der Waals surface area contributed by atoms with Gasteiger partial charge in [-0.05, 0) is 31.5 Å². The monoisotopic (exact) mass is 359 g/mol. The number of aryl methyl sites for hydroxylation is 1. The van der Waals surface area contributed by atoms with E-state index in [0.717, 1.165) is 22.5 Å². The Balaban J connectivity index is 1.67. The van der Waals surface area contributed by atoms with Crippen molar-refractivity contribution in [1.29, 1.82) is 0 Å². The van der Waals surface area contributed by atoms with Crippen molar-refractivity contribution in [2.75, 3.05) is 6.54 Å². The highest BCUT2D eigenvalue weighted by Crippen LogP contribution is 2.26. The summed E-state index contributed by atoms with van der Waals surface area (Å²) < 4.78 is 2.56. The van der Waals surface area contributed by atoms with Crippen LogP contribution in [-0.2, 0) is 6.54 Å². The molecular formula is C18H18ClN3OS. The first-order chi connectivity index (χ1) is 11.6. The maximum absolute atomic E-state index is 12.0. The third-order valence-corrected chi connectivity index (χ3v) is 5.08. The summed E-state index contributed by atoms with van der Waals surface area (Å²) >= 11 is 7.14. The van der Waals surface area contributed by atoms with E-state index in [2.05, 4.69) is 29.5 Å². The molecule has 2 aromatic heterocycles. The van der Waals surface area contributed by atoms with Gasteiger partial charge in [-0.1, -0.05) is 41.9 Å². The Hall–Kier alpha value is -2.11. The van der Waals surface area contributed by atoms with Crippen molar-refractivity contribution in [3.8, 4) is 11.1 Å². The van der Waals surface area contributed by atoms with E-state index >= 15 is 0 Å². The summed E-state index contributed by atoms with van der Waals surface area (Å²) in [6, 6.07) is 13.7. The van der Waals surface area contributed by atoms with Crippen LogP contribution in [-0.4, -0.2) is 22.2 Å². The number of carbonyl (C=O) groups excluding carboxylic acids is 1. The first-order valence-electron chi connectivity index (χ1n) is 7.69. The molecule has 0 fully saturated rings. The first-order valence-corrected chi connectivity index (χ1v) is 8.88. The molecule has 0 aliphatic heterocycles. The van der Waals surface area contributed by atoms with Gasteiger partial charge in [0, 0.05) is 17.8 Å². The number of carbonyl (C=O) groups is 1. The lowest BCUT2D eigenvalue weighted by Crippen LogP contribution is -2.27. The van der Waals surface area contributed by atoms with Crippen molar-refractivity contribution in [3.63, 3.8) is 0 Å². The molecule has 24 heavy (non-hydrogen) atoms. The SMILES string of the molecule is Cc1nn(CCNC(=O)c2ccc(Cl)s2)c(C)c1-c1ccccc1. The van der Waals surface area contributed by atoms with Crippen LogP contribution in [0, 0.1) is 13.8 Å². The van der Waals surface area contributed by atoms with Crippen LogP contribution in [0.25, 0.3) is 11.1 Å². The maximum atomic E-state index is 12.0. The molecule has 0 atom stereocenters. The number of halogens is 1. The van der Waals surface area contributed by atoms with Gasteiger partial charge in [0.25, 0.3) is 5.91 Å². The van der Waals surface area contributed by atoms with E-state index in [1.807, 2.05) is 29.8 Å². The van der Waals surface area contributed by atoms with E-state index in [4.69, 9.17) is 11.6 Å². The van der Waals surface area contributed by atoms with Gasteiger partial charge in [0.2, 0.25) is 0 Å². The Morgan fingerprint density at radius 2 is 1.96 bits per heavy atom. The fraction of sp³-hybridized carbons (Fsp3) is 0.222. The zero-order chi connectivity index (χ0) is 17.1. The number of rotatable bonds is 5. The van der Waals surface area contributed by atoms with Gasteiger partial charge < -0.3 is 5.32 Å². The molecule has 2 heterocycles. The third kappa shape index (κ3) is 3.52. The molecule has 0 unspecified atom stereocenters. The number of nitrogens with zero attached hydrogens (tertiary/aromatic N) is 2. The van der Waals surface area contributed by atoms with Crippen LogP contribution in [0.3, 0.4) is 0 Å². The number of benzene rings is 1. The summed E-state index contributed by atoms with van der Waals surface area (Å²) in [5, 5.41) is 7.52. The summed E-state index contributed by atoms with van der Waals surface area (Å²) in [4.78, 5) is 12.7. The van der Waals surface area contributed by atoms with Crippen molar-refractivity contribution in [2.45, 2.75) is 20.4 Å². The van der Waals surface area contributed by atoms with E-state index in [9.17, 15) is 4.79 Å². The van der Waals surface area contributed by atoms with E-state index in [1.165, 1.54) is 11.3 Å². The topological polar surface area (TPSA) is 46.9 Å². The number of aromatic nitrogens is 2. The first kappa shape index (κ1) is 16.7. The molecule has 0 saturated heterocycles. The molecule has 4 nitrogen and oxygen atoms in total. The van der Waals surface area contributed by atoms with Crippen molar-refractivity contribution >= 4 is 28.8 Å². The molecule has 1 amide bonds. The molecule has 124 valence electrons. The molecule has 0 spiro atoms. The largest absolute Gasteiger partial charge is 0.349 e. The minimum Gasteiger partial charge on any atom is -0.349 e. The van der Waals surface area contributed by atoms with Crippen molar-refractivity contribution in [2.24, 2.45) is 0 Å². The maximum Gasteiger partial charge on any atom is 0.261 e. The van der Waals surface area contributed by atoms with Crippen LogP contribution >= 0.6 is 22.9 Å². The summed E-state index contributed by atoms with van der Waals surface area (Å²) in [6.07, 6.45) is 0. The number of hydrogen-bond donors (Lipinski definition) is 1. The quantitative estimate of drug-likeness (QED) is 0.737. The number of thiophene rings is 1. The van der Waals surface area contributed by atoms with Gasteiger partial charge in [-0.25, -0.2) is 0 Å². The molecule has 0 aliphatic rings. The summed E-state index contributed by atoms with van der Waals surface area (Å²) in [7, 11) is 0. The molecular weight excluding hydrogens is 342 g/mol. The van der Waals surface area contributed by atoms with Crippen LogP contribution in [0.1, 0.15) is 21.1 Å². The molecule has 0 aliphatic carbocycles. The molecule has 6 heteroatoms. The normalized spacial score (nSPS) is 10.8. The molecule has 1 aromatic carbocycles. The van der Waals surface area contributed by atoms with E-state index in [-0.39, 0.29) is 5.91 Å². The second kappa shape index (κ2) is 7.20. The predicted octanol–water partition coefficient (Wildman–Crippen LogP) is 4.31. The summed E-state index contributed by atoms with van der Waals surface area (Å²) in [6.45, 7) is 5.22.